The molecule has 0 aliphatic carbocycles. The van der Waals surface area contributed by atoms with Crippen LogP contribution in [0.25, 0.3) is 21.7 Å². The van der Waals surface area contributed by atoms with Gasteiger partial charge in [0.25, 0.3) is 0 Å². The molecule has 0 fully saturated rings. The van der Waals surface area contributed by atoms with Crippen LogP contribution < -0.4 is 0 Å². The number of nitrogens with one attached hydrogen (secondary N) is 1. The van der Waals surface area contributed by atoms with Crippen LogP contribution in [-0.2, 0) is 0 Å². The molecule has 0 unspecified atom stereocenters. The third-order valence-corrected chi connectivity index (χ3v) is 2.24. The van der Waals surface area contributed by atoms with Crippen LogP contribution in [-0.4, -0.2) is 15.2 Å². The van der Waals surface area contributed by atoms with Crippen LogP contribution in [0.2, 0.25) is 0 Å². The fourth-order valence-corrected chi connectivity index (χ4v) is 1.60. The zero-order chi connectivity index (χ0) is 8.67. The molecule has 1 N–H and O–H groups in total. The van der Waals surface area contributed by atoms with Crippen molar-refractivity contribution in [1.29, 1.82) is 0 Å². The number of hydrogen-bond acceptors (Lipinski definition) is 2. The summed E-state index contributed by atoms with van der Waals surface area (Å²) in [6.45, 7) is 0. The van der Waals surface area contributed by atoms with Crippen molar-refractivity contribution >= 4 is 21.7 Å². The Bertz CT molecular complexity index is 568. The van der Waals surface area contributed by atoms with Crippen LogP contribution in [0.3, 0.4) is 0 Å². The second-order valence-electron chi connectivity index (χ2n) is 2.99. The molecule has 3 rings (SSSR count). The maximum Gasteiger partial charge on any atom is 0.0641 e. The second kappa shape index (κ2) is 2.29. The van der Waals surface area contributed by atoms with E-state index in [9.17, 15) is 0 Å². The molecule has 0 amide bonds. The monoisotopic (exact) mass is 169 g/mol. The van der Waals surface area contributed by atoms with E-state index in [1.807, 2.05) is 30.6 Å². The molecule has 0 radical (unpaired) electrons. The van der Waals surface area contributed by atoms with E-state index < -0.39 is 0 Å². The Morgan fingerprint density at radius 2 is 2.00 bits per heavy atom. The van der Waals surface area contributed by atoms with Crippen molar-refractivity contribution in [3.8, 4) is 0 Å². The van der Waals surface area contributed by atoms with Crippen LogP contribution >= 0.6 is 0 Å². The third kappa shape index (κ3) is 0.839. The van der Waals surface area contributed by atoms with Crippen LogP contribution in [0.4, 0.5) is 0 Å². The summed E-state index contributed by atoms with van der Waals surface area (Å²) in [5.41, 5.74) is 1.04. The predicted molar refractivity (Wildman–Crippen MR) is 51.4 cm³/mol. The smallest absolute Gasteiger partial charge is 0.0641 e. The third-order valence-electron chi connectivity index (χ3n) is 2.24. The highest BCUT2D eigenvalue weighted by atomic mass is 15.1. The average Bonchev–Trinajstić information content (AvgIpc) is 2.65. The molecule has 3 aromatic rings. The fraction of sp³-hybridized carbons (Fsp3) is 0. The molecule has 13 heavy (non-hydrogen) atoms. The predicted octanol–water partition coefficient (Wildman–Crippen LogP) is 2.11. The number of aromatic amines is 1. The van der Waals surface area contributed by atoms with Gasteiger partial charge in [-0.3, -0.25) is 10.1 Å². The standard InChI is InChI=1S/C10H7N3/c1-2-10-8(3-4-12-13-10)9-6-11-5-7(1)9/h1-6,13H. The zero-order valence-corrected chi connectivity index (χ0v) is 6.86. The molecule has 3 nitrogen and oxygen atoms in total. The Labute approximate surface area is 74.4 Å². The molecule has 2 heterocycles. The first-order valence-electron chi connectivity index (χ1n) is 4.11. The first-order chi connectivity index (χ1) is 6.45. The van der Waals surface area contributed by atoms with E-state index in [1.54, 1.807) is 6.20 Å². The topological polar surface area (TPSA) is 41.6 Å². The van der Waals surface area contributed by atoms with Gasteiger partial charge in [0.1, 0.15) is 0 Å². The number of hydrogen-bond donors (Lipinski definition) is 1. The highest BCUT2D eigenvalue weighted by Gasteiger charge is 2.00. The van der Waals surface area contributed by atoms with Crippen LogP contribution in [0, 0.1) is 0 Å². The Hall–Kier alpha value is -1.90. The van der Waals surface area contributed by atoms with E-state index >= 15 is 0 Å². The second-order valence-corrected chi connectivity index (χ2v) is 2.99. The van der Waals surface area contributed by atoms with E-state index in [-0.39, 0.29) is 0 Å². The summed E-state index contributed by atoms with van der Waals surface area (Å²) in [7, 11) is 0. The van der Waals surface area contributed by atoms with Gasteiger partial charge in [0.15, 0.2) is 0 Å². The van der Waals surface area contributed by atoms with E-state index in [4.69, 9.17) is 0 Å². The largest absolute Gasteiger partial charge is 0.278 e. The average molecular weight is 169 g/mol. The van der Waals surface area contributed by atoms with E-state index in [1.165, 1.54) is 16.2 Å². The van der Waals surface area contributed by atoms with Gasteiger partial charge in [-0.05, 0) is 12.1 Å². The lowest BCUT2D eigenvalue weighted by Crippen LogP contribution is -1.81. The molecular formula is C10H7N3. The van der Waals surface area contributed by atoms with Crippen LogP contribution in [0.1, 0.15) is 0 Å². The maximum atomic E-state index is 4.12. The molecule has 0 aliphatic heterocycles. The minimum Gasteiger partial charge on any atom is -0.278 e. The Morgan fingerprint density at radius 3 is 3.00 bits per heavy atom. The van der Waals surface area contributed by atoms with Crippen LogP contribution in [0.15, 0.2) is 36.8 Å². The van der Waals surface area contributed by atoms with Gasteiger partial charge in [-0.2, -0.15) is 5.10 Å². The summed E-state index contributed by atoms with van der Waals surface area (Å²) in [5, 5.41) is 10.4. The summed E-state index contributed by atoms with van der Waals surface area (Å²) in [5.74, 6) is 0. The SMILES string of the molecule is c1cc2c(ccc3cncc32)[nH]n1. The van der Waals surface area contributed by atoms with Crippen LogP contribution in [0.5, 0.6) is 0 Å². The van der Waals surface area contributed by atoms with Gasteiger partial charge in [-0.1, -0.05) is 6.07 Å². The normalized spacial score (nSPS) is 11.1. The molecule has 0 spiro atoms. The van der Waals surface area contributed by atoms with Gasteiger partial charge in [0, 0.05) is 34.7 Å². The number of rotatable bonds is 0. The molecule has 0 bridgehead atoms. The lowest BCUT2D eigenvalue weighted by molar-refractivity contribution is 1.08. The molecule has 0 saturated carbocycles. The van der Waals surface area contributed by atoms with Gasteiger partial charge in [-0.25, -0.2) is 0 Å². The zero-order valence-electron chi connectivity index (χ0n) is 6.86. The van der Waals surface area contributed by atoms with Crippen molar-refractivity contribution in [1.82, 2.24) is 15.2 Å². The maximum absolute atomic E-state index is 4.12. The Kier molecular flexibility index (Phi) is 1.16. The minimum absolute atomic E-state index is 1.04. The number of fused-ring (bicyclic) bond motifs is 3. The summed E-state index contributed by atoms with van der Waals surface area (Å²) in [6, 6.07) is 6.06. The first-order valence-corrected chi connectivity index (χ1v) is 4.11. The number of benzene rings is 1. The Balaban J connectivity index is 2.65. The van der Waals surface area contributed by atoms with Crippen molar-refractivity contribution in [2.24, 2.45) is 0 Å². The molecule has 2 aromatic heterocycles. The lowest BCUT2D eigenvalue weighted by Gasteiger charge is -1.97. The minimum atomic E-state index is 1.04. The molecular weight excluding hydrogens is 162 g/mol. The Morgan fingerprint density at radius 1 is 1.00 bits per heavy atom. The molecule has 0 saturated heterocycles. The van der Waals surface area contributed by atoms with E-state index in [0.717, 1.165) is 5.52 Å². The lowest BCUT2D eigenvalue weighted by atomic mass is 10.1. The van der Waals surface area contributed by atoms with Gasteiger partial charge < -0.3 is 0 Å². The van der Waals surface area contributed by atoms with Crippen molar-refractivity contribution in [3.63, 3.8) is 0 Å². The van der Waals surface area contributed by atoms with Gasteiger partial charge in [0.05, 0.1) is 5.52 Å². The quantitative estimate of drug-likeness (QED) is 0.560. The van der Waals surface area contributed by atoms with Crippen molar-refractivity contribution in [3.05, 3.63) is 36.8 Å². The summed E-state index contributed by atoms with van der Waals surface area (Å²) in [4.78, 5) is 4.12. The molecule has 1 aromatic carbocycles. The summed E-state index contributed by atoms with van der Waals surface area (Å²) in [6.07, 6.45) is 5.51. The van der Waals surface area contributed by atoms with Gasteiger partial charge >= 0.3 is 0 Å². The molecule has 0 aliphatic rings. The fourth-order valence-electron chi connectivity index (χ4n) is 1.60. The van der Waals surface area contributed by atoms with Gasteiger partial charge in [0.2, 0.25) is 0 Å². The van der Waals surface area contributed by atoms with Crippen molar-refractivity contribution in [2.45, 2.75) is 0 Å². The summed E-state index contributed by atoms with van der Waals surface area (Å²) >= 11 is 0. The molecule has 3 heteroatoms. The highest BCUT2D eigenvalue weighted by Crippen LogP contribution is 2.22. The van der Waals surface area contributed by atoms with Gasteiger partial charge in [-0.15, -0.1) is 0 Å². The first kappa shape index (κ1) is 6.60. The highest BCUT2D eigenvalue weighted by molar-refractivity contribution is 6.05. The van der Waals surface area contributed by atoms with Crippen molar-refractivity contribution < 1.29 is 0 Å². The summed E-state index contributed by atoms with van der Waals surface area (Å²) < 4.78 is 0. The molecule has 62 valence electrons. The number of nitrogens with zero attached hydrogens (tertiary/aromatic N) is 2. The van der Waals surface area contributed by atoms with E-state index in [0.29, 0.717) is 0 Å². The van der Waals surface area contributed by atoms with E-state index in [2.05, 4.69) is 15.2 Å². The molecule has 0 atom stereocenters. The van der Waals surface area contributed by atoms with Crippen molar-refractivity contribution in [2.75, 3.05) is 0 Å². The number of H-pyrrole nitrogens is 1. The number of aromatic nitrogens is 3.